The van der Waals surface area contributed by atoms with Crippen molar-refractivity contribution in [3.05, 3.63) is 29.8 Å². The van der Waals surface area contributed by atoms with Crippen LogP contribution in [-0.2, 0) is 4.79 Å². The zero-order valence-corrected chi connectivity index (χ0v) is 16.2. The number of rotatable bonds is 10. The van der Waals surface area contributed by atoms with Crippen molar-refractivity contribution in [2.45, 2.75) is 32.6 Å². The van der Waals surface area contributed by atoms with E-state index in [1.807, 2.05) is 19.1 Å². The number of para-hydroxylation sites is 1. The number of nitrogens with one attached hydrogen (secondary N) is 3. The summed E-state index contributed by atoms with van der Waals surface area (Å²) in [4.78, 5) is 24.0. The van der Waals surface area contributed by atoms with E-state index in [9.17, 15) is 9.59 Å². The molecule has 1 heterocycles. The van der Waals surface area contributed by atoms with Gasteiger partial charge in [0.15, 0.2) is 0 Å². The van der Waals surface area contributed by atoms with E-state index in [0.29, 0.717) is 43.2 Å². The predicted octanol–water partition coefficient (Wildman–Crippen LogP) is 2.13. The van der Waals surface area contributed by atoms with Gasteiger partial charge in [-0.25, -0.2) is 0 Å². The molecule has 7 heteroatoms. The fraction of sp³-hybridized carbons (Fsp3) is 0.579. The van der Waals surface area contributed by atoms with E-state index in [-0.39, 0.29) is 24.2 Å². The molecule has 1 unspecified atom stereocenters. The van der Waals surface area contributed by atoms with Crippen LogP contribution in [0.4, 0.5) is 0 Å². The Bertz CT molecular complexity index is 563. The fourth-order valence-electron chi connectivity index (χ4n) is 2.95. The molecule has 0 aliphatic carbocycles. The highest BCUT2D eigenvalue weighted by atomic mass is 35.5. The topological polar surface area (TPSA) is 79.5 Å². The van der Waals surface area contributed by atoms with Crippen LogP contribution in [0.3, 0.4) is 0 Å². The third kappa shape index (κ3) is 7.62. The molecule has 6 nitrogen and oxygen atoms in total. The van der Waals surface area contributed by atoms with Gasteiger partial charge < -0.3 is 20.7 Å². The van der Waals surface area contributed by atoms with Crippen LogP contribution in [0.15, 0.2) is 24.3 Å². The predicted molar refractivity (Wildman–Crippen MR) is 105 cm³/mol. The summed E-state index contributed by atoms with van der Waals surface area (Å²) in [7, 11) is 0. The second-order valence-electron chi connectivity index (χ2n) is 6.29. The zero-order chi connectivity index (χ0) is 17.9. The summed E-state index contributed by atoms with van der Waals surface area (Å²) >= 11 is 0. The van der Waals surface area contributed by atoms with Crippen LogP contribution in [-0.4, -0.2) is 44.6 Å². The Morgan fingerprint density at radius 2 is 2.04 bits per heavy atom. The van der Waals surface area contributed by atoms with Crippen molar-refractivity contribution in [1.29, 1.82) is 0 Å². The molecule has 1 aliphatic heterocycles. The van der Waals surface area contributed by atoms with E-state index in [1.54, 1.807) is 12.1 Å². The monoisotopic (exact) mass is 383 g/mol. The van der Waals surface area contributed by atoms with Crippen LogP contribution in [0, 0.1) is 5.92 Å². The molecule has 1 aromatic rings. The first-order valence-corrected chi connectivity index (χ1v) is 9.18. The van der Waals surface area contributed by atoms with E-state index in [0.717, 1.165) is 26.1 Å². The quantitative estimate of drug-likeness (QED) is 0.541. The maximum atomic E-state index is 12.2. The van der Waals surface area contributed by atoms with Gasteiger partial charge in [0.05, 0.1) is 12.2 Å². The molecule has 2 rings (SSSR count). The summed E-state index contributed by atoms with van der Waals surface area (Å²) in [6.07, 6.45) is 3.28. The minimum atomic E-state index is -0.168. The first kappa shape index (κ1) is 22.3. The molecule has 146 valence electrons. The van der Waals surface area contributed by atoms with Gasteiger partial charge in [-0.1, -0.05) is 12.1 Å². The van der Waals surface area contributed by atoms with Crippen molar-refractivity contribution in [1.82, 2.24) is 16.0 Å². The molecule has 1 fully saturated rings. The SMILES string of the molecule is CCOc1ccccc1C(=O)NCCCC(=O)NCCC1CCNC1.Cl. The second kappa shape index (κ2) is 12.5. The molecule has 1 aromatic carbocycles. The lowest BCUT2D eigenvalue weighted by Gasteiger charge is -2.11. The number of halogens is 1. The van der Waals surface area contributed by atoms with Crippen LogP contribution in [0.5, 0.6) is 5.75 Å². The number of ether oxygens (including phenoxy) is 1. The van der Waals surface area contributed by atoms with Crippen molar-refractivity contribution >= 4 is 24.2 Å². The van der Waals surface area contributed by atoms with Crippen LogP contribution < -0.4 is 20.7 Å². The minimum Gasteiger partial charge on any atom is -0.493 e. The Kier molecular flexibility index (Phi) is 10.7. The average Bonchev–Trinajstić information content (AvgIpc) is 3.13. The van der Waals surface area contributed by atoms with Crippen LogP contribution >= 0.6 is 12.4 Å². The first-order chi connectivity index (χ1) is 12.2. The lowest BCUT2D eigenvalue weighted by atomic mass is 10.1. The van der Waals surface area contributed by atoms with E-state index < -0.39 is 0 Å². The Hall–Kier alpha value is -1.79. The summed E-state index contributed by atoms with van der Waals surface area (Å²) in [5.41, 5.74) is 0.527. The molecule has 1 saturated heterocycles. The fourth-order valence-corrected chi connectivity index (χ4v) is 2.95. The third-order valence-corrected chi connectivity index (χ3v) is 4.33. The summed E-state index contributed by atoms with van der Waals surface area (Å²) in [5, 5.41) is 9.13. The van der Waals surface area contributed by atoms with E-state index in [1.165, 1.54) is 6.42 Å². The highest BCUT2D eigenvalue weighted by Gasteiger charge is 2.14. The summed E-state index contributed by atoms with van der Waals surface area (Å²) in [6.45, 7) is 5.76. The molecule has 0 bridgehead atoms. The maximum absolute atomic E-state index is 12.2. The molecule has 0 saturated carbocycles. The normalized spacial score (nSPS) is 15.8. The zero-order valence-electron chi connectivity index (χ0n) is 15.4. The number of carbonyl (C=O) groups excluding carboxylic acids is 2. The highest BCUT2D eigenvalue weighted by Crippen LogP contribution is 2.17. The lowest BCUT2D eigenvalue weighted by molar-refractivity contribution is -0.121. The van der Waals surface area contributed by atoms with Crippen LogP contribution in [0.25, 0.3) is 0 Å². The lowest BCUT2D eigenvalue weighted by Crippen LogP contribution is -2.29. The highest BCUT2D eigenvalue weighted by molar-refractivity contribution is 5.96. The molecule has 0 radical (unpaired) electrons. The molecule has 26 heavy (non-hydrogen) atoms. The molecule has 3 N–H and O–H groups in total. The maximum Gasteiger partial charge on any atom is 0.255 e. The Morgan fingerprint density at radius 1 is 1.23 bits per heavy atom. The Balaban J connectivity index is 0.00000338. The van der Waals surface area contributed by atoms with Crippen LogP contribution in [0.1, 0.15) is 43.0 Å². The van der Waals surface area contributed by atoms with Gasteiger partial charge in [-0.3, -0.25) is 9.59 Å². The molecule has 1 atom stereocenters. The van der Waals surface area contributed by atoms with Crippen molar-refractivity contribution in [2.24, 2.45) is 5.92 Å². The average molecular weight is 384 g/mol. The van der Waals surface area contributed by atoms with Gasteiger partial charge >= 0.3 is 0 Å². The summed E-state index contributed by atoms with van der Waals surface area (Å²) in [5.74, 6) is 1.15. The summed E-state index contributed by atoms with van der Waals surface area (Å²) in [6, 6.07) is 7.18. The van der Waals surface area contributed by atoms with Crippen molar-refractivity contribution in [3.8, 4) is 5.75 Å². The number of amides is 2. The Labute approximate surface area is 161 Å². The van der Waals surface area contributed by atoms with Gasteiger partial charge in [0.25, 0.3) is 5.91 Å². The largest absolute Gasteiger partial charge is 0.493 e. The van der Waals surface area contributed by atoms with Gasteiger partial charge in [0.1, 0.15) is 5.75 Å². The molecule has 0 aromatic heterocycles. The van der Waals surface area contributed by atoms with Gasteiger partial charge in [0.2, 0.25) is 5.91 Å². The van der Waals surface area contributed by atoms with Gasteiger partial charge in [-0.05, 0) is 57.3 Å². The third-order valence-electron chi connectivity index (χ3n) is 4.33. The molecule has 1 aliphatic rings. The number of hydrogen-bond donors (Lipinski definition) is 3. The van der Waals surface area contributed by atoms with Crippen molar-refractivity contribution in [3.63, 3.8) is 0 Å². The number of carbonyl (C=O) groups is 2. The Morgan fingerprint density at radius 3 is 2.77 bits per heavy atom. The minimum absolute atomic E-state index is 0. The molecule has 2 amide bonds. The molecular formula is C19H30ClN3O3. The van der Waals surface area contributed by atoms with Gasteiger partial charge in [0, 0.05) is 19.5 Å². The van der Waals surface area contributed by atoms with Crippen molar-refractivity contribution in [2.75, 3.05) is 32.8 Å². The smallest absolute Gasteiger partial charge is 0.255 e. The van der Waals surface area contributed by atoms with E-state index in [4.69, 9.17) is 4.74 Å². The summed E-state index contributed by atoms with van der Waals surface area (Å²) < 4.78 is 5.46. The van der Waals surface area contributed by atoms with Gasteiger partial charge in [-0.2, -0.15) is 0 Å². The second-order valence-corrected chi connectivity index (χ2v) is 6.29. The van der Waals surface area contributed by atoms with Crippen LogP contribution in [0.2, 0.25) is 0 Å². The first-order valence-electron chi connectivity index (χ1n) is 9.18. The van der Waals surface area contributed by atoms with E-state index >= 15 is 0 Å². The van der Waals surface area contributed by atoms with Crippen molar-refractivity contribution < 1.29 is 14.3 Å². The number of hydrogen-bond acceptors (Lipinski definition) is 4. The standard InChI is InChI=1S/C19H29N3O3.ClH/c1-2-25-17-7-4-3-6-16(17)19(24)22-11-5-8-18(23)21-13-10-15-9-12-20-14-15;/h3-4,6-7,15,20H,2,5,8-14H2,1H3,(H,21,23)(H,22,24);1H. The van der Waals surface area contributed by atoms with E-state index in [2.05, 4.69) is 16.0 Å². The van der Waals surface area contributed by atoms with Gasteiger partial charge in [-0.15, -0.1) is 12.4 Å². The molecular weight excluding hydrogens is 354 g/mol. The number of benzene rings is 1. The molecule has 0 spiro atoms.